The fourth-order valence-electron chi connectivity index (χ4n) is 1.68. The summed E-state index contributed by atoms with van der Waals surface area (Å²) in [5, 5.41) is 12.3. The number of nitrogens with one attached hydrogen (secondary N) is 1. The van der Waals surface area contributed by atoms with Crippen molar-refractivity contribution >= 4 is 27.5 Å². The van der Waals surface area contributed by atoms with Gasteiger partial charge in [0.05, 0.1) is 11.7 Å². The molecular weight excluding hydrogens is 284 g/mol. The summed E-state index contributed by atoms with van der Waals surface area (Å²) in [6.07, 6.45) is 1.67. The highest BCUT2D eigenvalue weighted by molar-refractivity contribution is 9.10. The summed E-state index contributed by atoms with van der Waals surface area (Å²) < 4.78 is 0.838. The molecule has 17 heavy (non-hydrogen) atoms. The Bertz CT molecular complexity index is 433. The highest BCUT2D eigenvalue weighted by Gasteiger charge is 2.29. The minimum Gasteiger partial charge on any atom is -0.398 e. The van der Waals surface area contributed by atoms with Gasteiger partial charge < -0.3 is 16.2 Å². The number of benzene rings is 1. The van der Waals surface area contributed by atoms with E-state index in [-0.39, 0.29) is 5.91 Å². The minimum absolute atomic E-state index is 0.241. The minimum atomic E-state index is -0.435. The largest absolute Gasteiger partial charge is 0.398 e. The third kappa shape index (κ3) is 3.20. The van der Waals surface area contributed by atoms with E-state index >= 15 is 0 Å². The van der Waals surface area contributed by atoms with Crippen LogP contribution in [0.15, 0.2) is 22.7 Å². The van der Waals surface area contributed by atoms with E-state index in [9.17, 15) is 9.90 Å². The molecular formula is C12H15BrN2O2. The van der Waals surface area contributed by atoms with Crippen LogP contribution in [0.1, 0.15) is 23.2 Å². The molecule has 1 aliphatic rings. The molecule has 1 aromatic carbocycles. The molecule has 0 bridgehead atoms. The van der Waals surface area contributed by atoms with E-state index in [1.54, 1.807) is 18.2 Å². The molecule has 0 aromatic heterocycles. The summed E-state index contributed by atoms with van der Waals surface area (Å²) in [4.78, 5) is 11.8. The second-order valence-corrected chi connectivity index (χ2v) is 5.26. The van der Waals surface area contributed by atoms with Gasteiger partial charge in [0, 0.05) is 16.7 Å². The molecule has 1 aromatic rings. The van der Waals surface area contributed by atoms with Gasteiger partial charge in [0.1, 0.15) is 0 Å². The molecule has 4 N–H and O–H groups in total. The zero-order chi connectivity index (χ0) is 12.4. The maximum absolute atomic E-state index is 11.8. The van der Waals surface area contributed by atoms with E-state index in [0.29, 0.717) is 23.7 Å². The van der Waals surface area contributed by atoms with Crippen LogP contribution < -0.4 is 11.1 Å². The average molecular weight is 299 g/mol. The number of carbonyl (C=O) groups is 1. The molecule has 5 heteroatoms. The van der Waals surface area contributed by atoms with Gasteiger partial charge in [-0.05, 0) is 37.0 Å². The monoisotopic (exact) mass is 298 g/mol. The van der Waals surface area contributed by atoms with Crippen LogP contribution in [0.2, 0.25) is 0 Å². The molecule has 1 fully saturated rings. The van der Waals surface area contributed by atoms with Crippen molar-refractivity contribution in [1.29, 1.82) is 0 Å². The predicted octanol–water partition coefficient (Wildman–Crippen LogP) is 1.53. The smallest absolute Gasteiger partial charge is 0.253 e. The van der Waals surface area contributed by atoms with Crippen molar-refractivity contribution in [2.75, 3.05) is 12.3 Å². The van der Waals surface area contributed by atoms with Crippen molar-refractivity contribution in [1.82, 2.24) is 5.32 Å². The van der Waals surface area contributed by atoms with Gasteiger partial charge in [0.15, 0.2) is 0 Å². The lowest BCUT2D eigenvalue weighted by Gasteiger charge is -2.11. The Kier molecular flexibility index (Phi) is 3.69. The first-order valence-electron chi connectivity index (χ1n) is 5.59. The Morgan fingerprint density at radius 2 is 2.29 bits per heavy atom. The molecule has 0 saturated heterocycles. The van der Waals surface area contributed by atoms with Gasteiger partial charge in [0.25, 0.3) is 5.91 Å². The molecule has 0 radical (unpaired) electrons. The number of hydrogen-bond acceptors (Lipinski definition) is 3. The van der Waals surface area contributed by atoms with Crippen molar-refractivity contribution in [3.8, 4) is 0 Å². The molecule has 0 aliphatic heterocycles. The second-order valence-electron chi connectivity index (χ2n) is 4.35. The number of carbonyl (C=O) groups excluding carboxylic acids is 1. The Balaban J connectivity index is 1.94. The van der Waals surface area contributed by atoms with Gasteiger partial charge in [0.2, 0.25) is 0 Å². The zero-order valence-electron chi connectivity index (χ0n) is 9.32. The first-order chi connectivity index (χ1) is 8.08. The van der Waals surface area contributed by atoms with Gasteiger partial charge in [-0.1, -0.05) is 15.9 Å². The quantitative estimate of drug-likeness (QED) is 0.738. The van der Waals surface area contributed by atoms with Crippen LogP contribution in [0.3, 0.4) is 0 Å². The van der Waals surface area contributed by atoms with Gasteiger partial charge in [-0.3, -0.25) is 4.79 Å². The first kappa shape index (κ1) is 12.4. The van der Waals surface area contributed by atoms with Crippen molar-refractivity contribution in [2.45, 2.75) is 18.9 Å². The lowest BCUT2D eigenvalue weighted by atomic mass is 10.1. The molecule has 1 saturated carbocycles. The number of nitrogen functional groups attached to an aromatic ring is 1. The van der Waals surface area contributed by atoms with Gasteiger partial charge in [-0.15, -0.1) is 0 Å². The topological polar surface area (TPSA) is 75.4 Å². The van der Waals surface area contributed by atoms with E-state index in [1.165, 1.54) is 0 Å². The summed E-state index contributed by atoms with van der Waals surface area (Å²) in [6.45, 7) is 0.291. The maximum Gasteiger partial charge on any atom is 0.253 e. The number of nitrogens with two attached hydrogens (primary N) is 1. The molecule has 92 valence electrons. The lowest BCUT2D eigenvalue weighted by Crippen LogP contribution is -2.33. The van der Waals surface area contributed by atoms with Crippen LogP contribution in [0.25, 0.3) is 0 Å². The standard InChI is InChI=1S/C12H15BrN2O2/c13-8-3-4-9(10(14)5-8)12(17)15-6-11(16)7-1-2-7/h3-5,7,11,16H,1-2,6,14H2,(H,15,17). The Hall–Kier alpha value is -1.07. The highest BCUT2D eigenvalue weighted by Crippen LogP contribution is 2.32. The normalized spacial score (nSPS) is 16.6. The Labute approximate surface area is 108 Å². The SMILES string of the molecule is Nc1cc(Br)ccc1C(=O)NCC(O)C1CC1. The van der Waals surface area contributed by atoms with E-state index in [0.717, 1.165) is 17.3 Å². The Morgan fingerprint density at radius 3 is 2.88 bits per heavy atom. The van der Waals surface area contributed by atoms with Gasteiger partial charge >= 0.3 is 0 Å². The number of hydrogen-bond donors (Lipinski definition) is 3. The number of halogens is 1. The van der Waals surface area contributed by atoms with E-state index < -0.39 is 6.10 Å². The summed E-state index contributed by atoms with van der Waals surface area (Å²) in [5.74, 6) is 0.118. The molecule has 4 nitrogen and oxygen atoms in total. The van der Waals surface area contributed by atoms with E-state index in [1.807, 2.05) is 0 Å². The summed E-state index contributed by atoms with van der Waals surface area (Å²) in [5.41, 5.74) is 6.62. The molecule has 2 rings (SSSR count). The molecule has 0 spiro atoms. The fourth-order valence-corrected chi connectivity index (χ4v) is 2.06. The van der Waals surface area contributed by atoms with Crippen molar-refractivity contribution < 1.29 is 9.90 Å². The lowest BCUT2D eigenvalue weighted by molar-refractivity contribution is 0.0902. The third-order valence-electron chi connectivity index (χ3n) is 2.90. The number of rotatable bonds is 4. The molecule has 1 unspecified atom stereocenters. The number of aliphatic hydroxyl groups excluding tert-OH is 1. The average Bonchev–Trinajstić information content (AvgIpc) is 3.09. The summed E-state index contributed by atoms with van der Waals surface area (Å²) in [6, 6.07) is 5.12. The summed E-state index contributed by atoms with van der Waals surface area (Å²) >= 11 is 3.28. The van der Waals surface area contributed by atoms with Crippen molar-refractivity contribution in [2.24, 2.45) is 5.92 Å². The first-order valence-corrected chi connectivity index (χ1v) is 6.38. The zero-order valence-corrected chi connectivity index (χ0v) is 10.9. The molecule has 0 heterocycles. The maximum atomic E-state index is 11.8. The highest BCUT2D eigenvalue weighted by atomic mass is 79.9. The van der Waals surface area contributed by atoms with Crippen LogP contribution in [-0.2, 0) is 0 Å². The van der Waals surface area contributed by atoms with Gasteiger partial charge in [-0.25, -0.2) is 0 Å². The molecule has 1 atom stereocenters. The van der Waals surface area contributed by atoms with E-state index in [2.05, 4.69) is 21.2 Å². The van der Waals surface area contributed by atoms with Crippen LogP contribution in [0.5, 0.6) is 0 Å². The summed E-state index contributed by atoms with van der Waals surface area (Å²) in [7, 11) is 0. The van der Waals surface area contributed by atoms with Crippen LogP contribution in [0, 0.1) is 5.92 Å². The third-order valence-corrected chi connectivity index (χ3v) is 3.39. The van der Waals surface area contributed by atoms with Crippen LogP contribution >= 0.6 is 15.9 Å². The predicted molar refractivity (Wildman–Crippen MR) is 69.6 cm³/mol. The van der Waals surface area contributed by atoms with Crippen LogP contribution in [0.4, 0.5) is 5.69 Å². The molecule has 1 aliphatic carbocycles. The van der Waals surface area contributed by atoms with Crippen LogP contribution in [-0.4, -0.2) is 23.7 Å². The fraction of sp³-hybridized carbons (Fsp3) is 0.417. The number of amides is 1. The van der Waals surface area contributed by atoms with Gasteiger partial charge in [-0.2, -0.15) is 0 Å². The number of aliphatic hydroxyl groups is 1. The van der Waals surface area contributed by atoms with Crippen molar-refractivity contribution in [3.05, 3.63) is 28.2 Å². The van der Waals surface area contributed by atoms with E-state index in [4.69, 9.17) is 5.73 Å². The number of anilines is 1. The molecule has 1 amide bonds. The van der Waals surface area contributed by atoms with Crippen molar-refractivity contribution in [3.63, 3.8) is 0 Å². The Morgan fingerprint density at radius 1 is 1.59 bits per heavy atom. The second kappa shape index (κ2) is 5.06.